The zero-order valence-corrected chi connectivity index (χ0v) is 15.6. The molecule has 0 aliphatic carbocycles. The Bertz CT molecular complexity index is 1190. The number of aryl methyl sites for hydroxylation is 1. The number of primary amides is 1. The summed E-state index contributed by atoms with van der Waals surface area (Å²) in [6.45, 7) is 1.33. The molecule has 3 rings (SSSR count). The molecule has 0 aliphatic rings. The number of hydrogen-bond donors (Lipinski definition) is 3. The second kappa shape index (κ2) is 6.97. The minimum Gasteiger partial charge on any atom is -0.365 e. The van der Waals surface area contributed by atoms with Gasteiger partial charge in [-0.3, -0.25) is 9.59 Å². The zero-order chi connectivity index (χ0) is 21.7. The number of nitrogens with two attached hydrogens (primary N) is 1. The van der Waals surface area contributed by atoms with Crippen molar-refractivity contribution in [2.75, 3.05) is 5.32 Å². The van der Waals surface area contributed by atoms with Crippen molar-refractivity contribution in [2.45, 2.75) is 13.1 Å². The van der Waals surface area contributed by atoms with Crippen molar-refractivity contribution in [1.82, 2.24) is 15.2 Å². The van der Waals surface area contributed by atoms with Crippen LogP contribution in [0.5, 0.6) is 0 Å². The molecular formula is C14H8ClF3N6O4S. The number of aromatic amines is 1. The Kier molecular flexibility index (Phi) is 4.92. The quantitative estimate of drug-likeness (QED) is 0.410. The number of halogens is 4. The number of alkyl halides is 3. The molecule has 10 nitrogen and oxygen atoms in total. The number of carbonyl (C=O) groups excluding carboxylic acids is 2. The fourth-order valence-corrected chi connectivity index (χ4v) is 3.78. The van der Waals surface area contributed by atoms with Gasteiger partial charge in [-0.15, -0.1) is 16.4 Å². The van der Waals surface area contributed by atoms with Crippen LogP contribution in [0.1, 0.15) is 31.4 Å². The average Bonchev–Trinajstić information content (AvgIpc) is 3.15. The molecule has 0 spiro atoms. The van der Waals surface area contributed by atoms with Crippen LogP contribution in [0.3, 0.4) is 0 Å². The molecule has 3 aromatic heterocycles. The van der Waals surface area contributed by atoms with Crippen molar-refractivity contribution < 1.29 is 27.7 Å². The SMILES string of the molecule is Cc1cc(C(F)(F)F)nc2sc(C(N)=O)c(NC(=O)c3n[nH]c([N+](=O)[O-])c3Cl)c12. The highest BCUT2D eigenvalue weighted by molar-refractivity contribution is 7.21. The topological polar surface area (TPSA) is 157 Å². The van der Waals surface area contributed by atoms with Crippen LogP contribution in [0.2, 0.25) is 5.02 Å². The number of carbonyl (C=O) groups is 2. The molecule has 0 saturated heterocycles. The number of nitro groups is 1. The Morgan fingerprint density at radius 2 is 2.07 bits per heavy atom. The molecule has 0 saturated carbocycles. The molecule has 29 heavy (non-hydrogen) atoms. The number of aromatic nitrogens is 3. The molecule has 3 aromatic rings. The predicted molar refractivity (Wildman–Crippen MR) is 96.1 cm³/mol. The summed E-state index contributed by atoms with van der Waals surface area (Å²) in [4.78, 5) is 37.2. The number of nitrogens with zero attached hydrogens (tertiary/aromatic N) is 3. The summed E-state index contributed by atoms with van der Waals surface area (Å²) >= 11 is 6.31. The summed E-state index contributed by atoms with van der Waals surface area (Å²) in [6.07, 6.45) is -4.72. The summed E-state index contributed by atoms with van der Waals surface area (Å²) < 4.78 is 39.0. The van der Waals surface area contributed by atoms with Gasteiger partial charge in [-0.05, 0) is 23.5 Å². The Morgan fingerprint density at radius 3 is 2.59 bits per heavy atom. The molecule has 152 valence electrons. The largest absolute Gasteiger partial charge is 0.433 e. The van der Waals surface area contributed by atoms with E-state index in [1.54, 1.807) is 0 Å². The molecule has 0 radical (unpaired) electrons. The maximum atomic E-state index is 13.0. The summed E-state index contributed by atoms with van der Waals surface area (Å²) in [5.74, 6) is -2.79. The van der Waals surface area contributed by atoms with Gasteiger partial charge in [0.05, 0.1) is 5.69 Å². The molecule has 0 aliphatic heterocycles. The maximum Gasteiger partial charge on any atom is 0.433 e. The number of rotatable bonds is 4. The Morgan fingerprint density at radius 1 is 1.41 bits per heavy atom. The van der Waals surface area contributed by atoms with E-state index >= 15 is 0 Å². The van der Waals surface area contributed by atoms with E-state index in [4.69, 9.17) is 17.3 Å². The lowest BCUT2D eigenvalue weighted by Crippen LogP contribution is -2.17. The van der Waals surface area contributed by atoms with E-state index in [9.17, 15) is 32.9 Å². The summed E-state index contributed by atoms with van der Waals surface area (Å²) in [5.41, 5.74) is 3.42. The molecule has 0 bridgehead atoms. The third-order valence-corrected chi connectivity index (χ3v) is 5.16. The number of nitrogens with one attached hydrogen (secondary N) is 2. The van der Waals surface area contributed by atoms with Crippen molar-refractivity contribution >= 4 is 56.5 Å². The molecule has 0 fully saturated rings. The second-order valence-corrected chi connectivity index (χ2v) is 7.00. The molecular weight excluding hydrogens is 441 g/mol. The van der Waals surface area contributed by atoms with Crippen LogP contribution in [0.4, 0.5) is 24.7 Å². The van der Waals surface area contributed by atoms with Crippen molar-refractivity contribution in [3.8, 4) is 0 Å². The molecule has 15 heteroatoms. The summed E-state index contributed by atoms with van der Waals surface area (Å²) in [7, 11) is 0. The fourth-order valence-electron chi connectivity index (χ4n) is 2.48. The van der Waals surface area contributed by atoms with Gasteiger partial charge < -0.3 is 21.2 Å². The van der Waals surface area contributed by atoms with Crippen molar-refractivity contribution in [3.63, 3.8) is 0 Å². The van der Waals surface area contributed by atoms with Crippen molar-refractivity contribution in [1.29, 1.82) is 0 Å². The van der Waals surface area contributed by atoms with Gasteiger partial charge in [0, 0.05) is 5.39 Å². The molecule has 0 aromatic carbocycles. The number of H-pyrrole nitrogens is 1. The second-order valence-electron chi connectivity index (χ2n) is 5.62. The van der Waals surface area contributed by atoms with Gasteiger partial charge in [0.2, 0.25) is 0 Å². The third kappa shape index (κ3) is 3.58. The highest BCUT2D eigenvalue weighted by atomic mass is 35.5. The molecule has 0 unspecified atom stereocenters. The third-order valence-electron chi connectivity index (χ3n) is 3.70. The fraction of sp³-hybridized carbons (Fsp3) is 0.143. The smallest absolute Gasteiger partial charge is 0.365 e. The van der Waals surface area contributed by atoms with E-state index in [1.165, 1.54) is 6.92 Å². The lowest BCUT2D eigenvalue weighted by Gasteiger charge is -2.09. The number of fused-ring (bicyclic) bond motifs is 1. The van der Waals surface area contributed by atoms with Crippen LogP contribution in [-0.4, -0.2) is 31.9 Å². The van der Waals surface area contributed by atoms with Gasteiger partial charge in [0.1, 0.15) is 15.4 Å². The zero-order valence-electron chi connectivity index (χ0n) is 14.0. The molecule has 0 atom stereocenters. The van der Waals surface area contributed by atoms with Crippen LogP contribution in [0, 0.1) is 17.0 Å². The molecule has 4 N–H and O–H groups in total. The summed E-state index contributed by atoms with van der Waals surface area (Å²) in [5, 5.41) is 18.0. The highest BCUT2D eigenvalue weighted by Crippen LogP contribution is 2.40. The summed E-state index contributed by atoms with van der Waals surface area (Å²) in [6, 6.07) is 0.752. The van der Waals surface area contributed by atoms with E-state index in [2.05, 4.69) is 15.4 Å². The van der Waals surface area contributed by atoms with E-state index < -0.39 is 45.1 Å². The molecule has 3 heterocycles. The minimum absolute atomic E-state index is 0.0614. The first-order chi connectivity index (χ1) is 13.4. The number of amides is 2. The van der Waals surface area contributed by atoms with E-state index in [0.717, 1.165) is 6.07 Å². The number of anilines is 1. The monoisotopic (exact) mass is 448 g/mol. The first kappa shape index (κ1) is 20.5. The molecule has 2 amide bonds. The van der Waals surface area contributed by atoms with Crippen LogP contribution in [0.15, 0.2) is 6.07 Å². The van der Waals surface area contributed by atoms with E-state index in [-0.39, 0.29) is 26.3 Å². The first-order valence-corrected chi connectivity index (χ1v) is 8.62. The van der Waals surface area contributed by atoms with E-state index in [0.29, 0.717) is 11.3 Å². The van der Waals surface area contributed by atoms with Crippen LogP contribution < -0.4 is 11.1 Å². The van der Waals surface area contributed by atoms with E-state index in [1.807, 2.05) is 5.10 Å². The van der Waals surface area contributed by atoms with Crippen molar-refractivity contribution in [2.24, 2.45) is 5.73 Å². The average molecular weight is 449 g/mol. The minimum atomic E-state index is -4.72. The maximum absolute atomic E-state index is 13.0. The van der Waals surface area contributed by atoms with Crippen LogP contribution in [0.25, 0.3) is 10.2 Å². The van der Waals surface area contributed by atoms with Gasteiger partial charge in [0.15, 0.2) is 10.7 Å². The normalized spacial score (nSPS) is 11.6. The van der Waals surface area contributed by atoms with Gasteiger partial charge >= 0.3 is 12.0 Å². The number of thiophene rings is 1. The van der Waals surface area contributed by atoms with Crippen molar-refractivity contribution in [3.05, 3.63) is 43.0 Å². The van der Waals surface area contributed by atoms with Crippen LogP contribution in [-0.2, 0) is 6.18 Å². The number of hydrogen-bond acceptors (Lipinski definition) is 7. The number of pyridine rings is 1. The Hall–Kier alpha value is -3.26. The van der Waals surface area contributed by atoms with Crippen LogP contribution >= 0.6 is 22.9 Å². The first-order valence-electron chi connectivity index (χ1n) is 7.42. The van der Waals surface area contributed by atoms with Gasteiger partial charge in [-0.1, -0.05) is 16.7 Å². The standard InChI is InChI=1S/C14H8ClF3N6O4S/c1-3-2-4(14(16,17)18)20-13-5(3)7(9(29-13)10(19)25)21-12(26)8-6(15)11(23-22-8)24(27)28/h2H,1H3,(H2,19,25)(H,21,26)(H,22,23). The highest BCUT2D eigenvalue weighted by Gasteiger charge is 2.34. The van der Waals surface area contributed by atoms with Gasteiger partial charge in [-0.2, -0.15) is 13.2 Å². The Labute approximate surface area is 167 Å². The van der Waals surface area contributed by atoms with Gasteiger partial charge in [0.25, 0.3) is 11.8 Å². The lowest BCUT2D eigenvalue weighted by molar-refractivity contribution is -0.389. The lowest BCUT2D eigenvalue weighted by atomic mass is 10.1. The van der Waals surface area contributed by atoms with Gasteiger partial charge in [-0.25, -0.2) is 4.98 Å². The Balaban J connectivity index is 2.13. The predicted octanol–water partition coefficient (Wildman–Crippen LogP) is 3.26.